The molecule has 0 amide bonds. The third-order valence-corrected chi connectivity index (χ3v) is 2.95. The van der Waals surface area contributed by atoms with Gasteiger partial charge in [-0.3, -0.25) is 0 Å². The minimum absolute atomic E-state index is 0.436. The first-order valence-corrected chi connectivity index (χ1v) is 5.06. The van der Waals surface area contributed by atoms with Gasteiger partial charge in [-0.15, -0.1) is 0 Å². The number of nitrogens with one attached hydrogen (secondary N) is 1. The second kappa shape index (κ2) is 3.73. The topological polar surface area (TPSA) is 41.3 Å². The van der Waals surface area contributed by atoms with Crippen molar-refractivity contribution in [2.45, 2.75) is 31.3 Å². The van der Waals surface area contributed by atoms with Gasteiger partial charge in [-0.2, -0.15) is 0 Å². The third kappa shape index (κ3) is 1.97. The first kappa shape index (κ1) is 8.48. The van der Waals surface area contributed by atoms with Crippen LogP contribution in [0, 0.1) is 0 Å². The fourth-order valence-corrected chi connectivity index (χ4v) is 2.25. The summed E-state index contributed by atoms with van der Waals surface area (Å²) in [4.78, 5) is 2.49. The molecular formula is C9H19N3. The third-order valence-electron chi connectivity index (χ3n) is 2.95. The van der Waals surface area contributed by atoms with Crippen LogP contribution in [0.15, 0.2) is 0 Å². The van der Waals surface area contributed by atoms with Crippen molar-refractivity contribution in [2.24, 2.45) is 5.73 Å². The molecule has 2 heterocycles. The SMILES string of the molecule is N[C@H]1CCN(C[C@@H]2CCCN2)C1. The zero-order chi connectivity index (χ0) is 8.39. The van der Waals surface area contributed by atoms with Crippen molar-refractivity contribution in [3.05, 3.63) is 0 Å². The Morgan fingerprint density at radius 3 is 2.92 bits per heavy atom. The normalized spacial score (nSPS) is 37.8. The molecule has 2 aliphatic heterocycles. The predicted octanol–water partition coefficient (Wildman–Crippen LogP) is -0.229. The Labute approximate surface area is 74.3 Å². The molecule has 0 unspecified atom stereocenters. The molecule has 2 atom stereocenters. The van der Waals surface area contributed by atoms with Crippen LogP contribution in [-0.4, -0.2) is 43.2 Å². The van der Waals surface area contributed by atoms with Crippen molar-refractivity contribution in [3.8, 4) is 0 Å². The van der Waals surface area contributed by atoms with E-state index in [1.165, 1.54) is 38.9 Å². The van der Waals surface area contributed by atoms with Gasteiger partial charge in [-0.05, 0) is 32.4 Å². The highest BCUT2D eigenvalue weighted by atomic mass is 15.2. The van der Waals surface area contributed by atoms with E-state index in [9.17, 15) is 0 Å². The minimum atomic E-state index is 0.436. The van der Waals surface area contributed by atoms with Crippen LogP contribution in [0.2, 0.25) is 0 Å². The molecule has 12 heavy (non-hydrogen) atoms. The molecule has 0 aliphatic carbocycles. The van der Waals surface area contributed by atoms with Gasteiger partial charge in [-0.25, -0.2) is 0 Å². The van der Waals surface area contributed by atoms with E-state index in [1.807, 2.05) is 0 Å². The Balaban J connectivity index is 1.72. The van der Waals surface area contributed by atoms with Gasteiger partial charge in [0.05, 0.1) is 0 Å². The highest BCUT2D eigenvalue weighted by Gasteiger charge is 2.23. The van der Waals surface area contributed by atoms with Crippen LogP contribution in [0.1, 0.15) is 19.3 Å². The highest BCUT2D eigenvalue weighted by molar-refractivity contribution is 4.83. The maximum atomic E-state index is 5.84. The zero-order valence-electron chi connectivity index (χ0n) is 7.63. The van der Waals surface area contributed by atoms with Gasteiger partial charge in [0.25, 0.3) is 0 Å². The maximum absolute atomic E-state index is 5.84. The molecule has 0 aromatic rings. The van der Waals surface area contributed by atoms with Crippen LogP contribution in [0.25, 0.3) is 0 Å². The van der Waals surface area contributed by atoms with Crippen LogP contribution in [-0.2, 0) is 0 Å². The second-order valence-electron chi connectivity index (χ2n) is 4.10. The van der Waals surface area contributed by atoms with Gasteiger partial charge >= 0.3 is 0 Å². The number of hydrogen-bond donors (Lipinski definition) is 2. The quantitative estimate of drug-likeness (QED) is 0.600. The van der Waals surface area contributed by atoms with E-state index in [2.05, 4.69) is 10.2 Å². The zero-order valence-corrected chi connectivity index (χ0v) is 7.63. The fourth-order valence-electron chi connectivity index (χ4n) is 2.25. The lowest BCUT2D eigenvalue weighted by Gasteiger charge is -2.19. The van der Waals surface area contributed by atoms with Crippen LogP contribution in [0.5, 0.6) is 0 Å². The molecule has 70 valence electrons. The molecule has 0 aromatic heterocycles. The summed E-state index contributed by atoms with van der Waals surface area (Å²) < 4.78 is 0. The summed E-state index contributed by atoms with van der Waals surface area (Å²) in [6.07, 6.45) is 3.89. The van der Waals surface area contributed by atoms with Gasteiger partial charge in [-0.1, -0.05) is 0 Å². The monoisotopic (exact) mass is 169 g/mol. The summed E-state index contributed by atoms with van der Waals surface area (Å²) in [5.74, 6) is 0. The van der Waals surface area contributed by atoms with E-state index in [0.717, 1.165) is 12.6 Å². The molecule has 0 saturated carbocycles. The van der Waals surface area contributed by atoms with Crippen LogP contribution in [0.3, 0.4) is 0 Å². The molecule has 2 aliphatic rings. The molecule has 3 heteroatoms. The average Bonchev–Trinajstić information content (AvgIpc) is 2.63. The lowest BCUT2D eigenvalue weighted by Crippen LogP contribution is -2.37. The summed E-state index contributed by atoms with van der Waals surface area (Å²) in [5, 5.41) is 3.52. The molecule has 2 rings (SSSR count). The van der Waals surface area contributed by atoms with Crippen molar-refractivity contribution in [1.82, 2.24) is 10.2 Å². The molecule has 0 radical (unpaired) electrons. The van der Waals surface area contributed by atoms with Gasteiger partial charge in [0.15, 0.2) is 0 Å². The summed E-state index contributed by atoms with van der Waals surface area (Å²) in [6.45, 7) is 4.75. The largest absolute Gasteiger partial charge is 0.326 e. The van der Waals surface area contributed by atoms with Crippen molar-refractivity contribution in [2.75, 3.05) is 26.2 Å². The molecule has 0 spiro atoms. The maximum Gasteiger partial charge on any atom is 0.0195 e. The Morgan fingerprint density at radius 1 is 1.42 bits per heavy atom. The molecule has 0 bridgehead atoms. The molecular weight excluding hydrogens is 150 g/mol. The predicted molar refractivity (Wildman–Crippen MR) is 50.1 cm³/mol. The number of nitrogens with zero attached hydrogens (tertiary/aromatic N) is 1. The van der Waals surface area contributed by atoms with E-state index in [0.29, 0.717) is 6.04 Å². The van der Waals surface area contributed by atoms with Crippen LogP contribution < -0.4 is 11.1 Å². The Morgan fingerprint density at radius 2 is 2.33 bits per heavy atom. The van der Waals surface area contributed by atoms with Crippen LogP contribution in [0.4, 0.5) is 0 Å². The molecule has 3 N–H and O–H groups in total. The number of rotatable bonds is 2. The molecule has 2 fully saturated rings. The van der Waals surface area contributed by atoms with Crippen molar-refractivity contribution < 1.29 is 0 Å². The van der Waals surface area contributed by atoms with Crippen molar-refractivity contribution >= 4 is 0 Å². The van der Waals surface area contributed by atoms with E-state index in [4.69, 9.17) is 5.73 Å². The highest BCUT2D eigenvalue weighted by Crippen LogP contribution is 2.11. The van der Waals surface area contributed by atoms with E-state index >= 15 is 0 Å². The van der Waals surface area contributed by atoms with Gasteiger partial charge in [0.2, 0.25) is 0 Å². The lowest BCUT2D eigenvalue weighted by molar-refractivity contribution is 0.299. The number of likely N-dealkylation sites (tertiary alicyclic amines) is 1. The minimum Gasteiger partial charge on any atom is -0.326 e. The number of hydrogen-bond acceptors (Lipinski definition) is 3. The first-order chi connectivity index (χ1) is 5.84. The van der Waals surface area contributed by atoms with Gasteiger partial charge in [0.1, 0.15) is 0 Å². The Bertz CT molecular complexity index is 143. The summed E-state index contributed by atoms with van der Waals surface area (Å²) in [7, 11) is 0. The summed E-state index contributed by atoms with van der Waals surface area (Å²) in [6, 6.07) is 1.18. The first-order valence-electron chi connectivity index (χ1n) is 5.06. The molecule has 2 saturated heterocycles. The average molecular weight is 169 g/mol. The Kier molecular flexibility index (Phi) is 2.63. The van der Waals surface area contributed by atoms with E-state index in [-0.39, 0.29) is 0 Å². The van der Waals surface area contributed by atoms with Crippen molar-refractivity contribution in [3.63, 3.8) is 0 Å². The van der Waals surface area contributed by atoms with Gasteiger partial charge in [0, 0.05) is 25.2 Å². The van der Waals surface area contributed by atoms with Gasteiger partial charge < -0.3 is 16.0 Å². The van der Waals surface area contributed by atoms with Crippen molar-refractivity contribution in [1.29, 1.82) is 0 Å². The lowest BCUT2D eigenvalue weighted by atomic mass is 10.2. The molecule has 3 nitrogen and oxygen atoms in total. The summed E-state index contributed by atoms with van der Waals surface area (Å²) >= 11 is 0. The standard InChI is InChI=1S/C9H19N3/c10-8-3-5-12(6-8)7-9-2-1-4-11-9/h8-9,11H,1-7,10H2/t8-,9-/m0/s1. The summed E-state index contributed by atoms with van der Waals surface area (Å²) in [5.41, 5.74) is 5.84. The fraction of sp³-hybridized carbons (Fsp3) is 1.00. The molecule has 0 aromatic carbocycles. The number of nitrogens with two attached hydrogens (primary N) is 1. The van der Waals surface area contributed by atoms with E-state index in [1.54, 1.807) is 0 Å². The Hall–Kier alpha value is -0.120. The van der Waals surface area contributed by atoms with E-state index < -0.39 is 0 Å². The smallest absolute Gasteiger partial charge is 0.0195 e. The van der Waals surface area contributed by atoms with Crippen LogP contribution >= 0.6 is 0 Å². The second-order valence-corrected chi connectivity index (χ2v) is 4.10.